The molecule has 3 nitrogen and oxygen atoms in total. The lowest BCUT2D eigenvalue weighted by Crippen LogP contribution is -2.36. The van der Waals surface area contributed by atoms with Crippen LogP contribution in [0.15, 0.2) is 42.5 Å². The third-order valence-corrected chi connectivity index (χ3v) is 7.91. The maximum absolute atomic E-state index is 11.5. The number of nitrogens with zero attached hydrogens (tertiary/aromatic N) is 1. The molecule has 0 amide bonds. The van der Waals surface area contributed by atoms with E-state index in [4.69, 9.17) is 4.74 Å². The average Bonchev–Trinajstić information content (AvgIpc) is 3.75. The maximum atomic E-state index is 11.5. The predicted molar refractivity (Wildman–Crippen MR) is 142 cm³/mol. The van der Waals surface area contributed by atoms with Crippen molar-refractivity contribution in [3.8, 4) is 11.8 Å². The van der Waals surface area contributed by atoms with E-state index in [0.29, 0.717) is 18.6 Å². The SMILES string of the molecule is CCOC(=O)C=Cc1ccc(C#Cc2cc(C3CC3)c3c(c2)C(C)(C)CCC3N(C)C2CC2)cc1. The predicted octanol–water partition coefficient (Wildman–Crippen LogP) is 6.75. The van der Waals surface area contributed by atoms with Gasteiger partial charge in [0.05, 0.1) is 6.61 Å². The quantitative estimate of drug-likeness (QED) is 0.267. The van der Waals surface area contributed by atoms with Crippen LogP contribution < -0.4 is 0 Å². The van der Waals surface area contributed by atoms with Gasteiger partial charge in [0, 0.05) is 29.3 Å². The van der Waals surface area contributed by atoms with Crippen LogP contribution >= 0.6 is 0 Å². The van der Waals surface area contributed by atoms with Crippen molar-refractivity contribution >= 4 is 12.0 Å². The number of rotatable bonds is 6. The molecule has 0 spiro atoms. The van der Waals surface area contributed by atoms with E-state index in [1.54, 1.807) is 24.1 Å². The smallest absolute Gasteiger partial charge is 0.330 e. The second-order valence-electron chi connectivity index (χ2n) is 11.1. The number of benzene rings is 2. The molecule has 0 aliphatic heterocycles. The van der Waals surface area contributed by atoms with Crippen molar-refractivity contribution in [2.75, 3.05) is 13.7 Å². The molecule has 3 aliphatic carbocycles. The third kappa shape index (κ3) is 5.39. The molecule has 2 aromatic carbocycles. The minimum absolute atomic E-state index is 0.185. The van der Waals surface area contributed by atoms with Crippen LogP contribution in [-0.4, -0.2) is 30.6 Å². The molecule has 0 bridgehead atoms. The summed E-state index contributed by atoms with van der Waals surface area (Å²) >= 11 is 0. The van der Waals surface area contributed by atoms with E-state index >= 15 is 0 Å². The van der Waals surface area contributed by atoms with Gasteiger partial charge in [0.15, 0.2) is 0 Å². The molecule has 35 heavy (non-hydrogen) atoms. The summed E-state index contributed by atoms with van der Waals surface area (Å²) in [5, 5.41) is 0. The first-order valence-electron chi connectivity index (χ1n) is 13.2. The molecular formula is C32H37NO2. The summed E-state index contributed by atoms with van der Waals surface area (Å²) in [6, 6.07) is 14.1. The highest BCUT2D eigenvalue weighted by Crippen LogP contribution is 2.52. The third-order valence-electron chi connectivity index (χ3n) is 7.91. The van der Waals surface area contributed by atoms with E-state index < -0.39 is 0 Å². The van der Waals surface area contributed by atoms with Gasteiger partial charge in [-0.1, -0.05) is 37.8 Å². The molecule has 0 aromatic heterocycles. The Morgan fingerprint density at radius 2 is 1.77 bits per heavy atom. The summed E-state index contributed by atoms with van der Waals surface area (Å²) in [6.07, 6.45) is 11.0. The monoisotopic (exact) mass is 467 g/mol. The van der Waals surface area contributed by atoms with E-state index in [-0.39, 0.29) is 11.4 Å². The fourth-order valence-electron chi connectivity index (χ4n) is 5.51. The number of carbonyl (C=O) groups excluding carboxylic acids is 1. The van der Waals surface area contributed by atoms with Crippen molar-refractivity contribution in [1.29, 1.82) is 0 Å². The van der Waals surface area contributed by atoms with Gasteiger partial charge in [-0.05, 0) is 116 Å². The number of esters is 1. The number of fused-ring (bicyclic) bond motifs is 1. The molecule has 5 rings (SSSR count). The molecule has 1 unspecified atom stereocenters. The van der Waals surface area contributed by atoms with Crippen molar-refractivity contribution in [3.05, 3.63) is 75.9 Å². The van der Waals surface area contributed by atoms with Crippen molar-refractivity contribution in [2.45, 2.75) is 82.7 Å². The molecule has 2 fully saturated rings. The van der Waals surface area contributed by atoms with Crippen molar-refractivity contribution < 1.29 is 9.53 Å². The van der Waals surface area contributed by atoms with Gasteiger partial charge in [0.25, 0.3) is 0 Å². The Morgan fingerprint density at radius 3 is 2.43 bits per heavy atom. The number of hydrogen-bond acceptors (Lipinski definition) is 3. The Morgan fingerprint density at radius 1 is 1.06 bits per heavy atom. The van der Waals surface area contributed by atoms with E-state index in [9.17, 15) is 4.79 Å². The van der Waals surface area contributed by atoms with Crippen LogP contribution in [0, 0.1) is 11.8 Å². The zero-order chi connectivity index (χ0) is 24.6. The molecule has 3 heteroatoms. The minimum Gasteiger partial charge on any atom is -0.463 e. The summed E-state index contributed by atoms with van der Waals surface area (Å²) in [6.45, 7) is 7.02. The Balaban J connectivity index is 1.43. The zero-order valence-electron chi connectivity index (χ0n) is 21.6. The standard InChI is InChI=1S/C32H37NO2/c1-5-35-30(34)17-12-23-8-6-22(7-9-23)10-11-24-20-27(25-13-14-25)31-28(21-24)32(2,3)19-18-29(31)33(4)26-15-16-26/h6-9,12,17,20-21,25-26,29H,5,13-16,18-19H2,1-4H3. The number of carbonyl (C=O) groups is 1. The molecule has 0 N–H and O–H groups in total. The van der Waals surface area contributed by atoms with Crippen molar-refractivity contribution in [3.63, 3.8) is 0 Å². The van der Waals surface area contributed by atoms with Gasteiger partial charge in [-0.3, -0.25) is 4.90 Å². The van der Waals surface area contributed by atoms with E-state index in [0.717, 1.165) is 22.7 Å². The number of ether oxygens (including phenoxy) is 1. The molecular weight excluding hydrogens is 430 g/mol. The summed E-state index contributed by atoms with van der Waals surface area (Å²) in [4.78, 5) is 14.2. The largest absolute Gasteiger partial charge is 0.463 e. The van der Waals surface area contributed by atoms with Crippen LogP contribution in [0.2, 0.25) is 0 Å². The molecule has 0 radical (unpaired) electrons. The van der Waals surface area contributed by atoms with Crippen LogP contribution in [0.5, 0.6) is 0 Å². The lowest BCUT2D eigenvalue weighted by atomic mass is 9.68. The lowest BCUT2D eigenvalue weighted by molar-refractivity contribution is -0.137. The second kappa shape index (κ2) is 9.67. The fourth-order valence-corrected chi connectivity index (χ4v) is 5.51. The van der Waals surface area contributed by atoms with E-state index in [1.807, 2.05) is 24.3 Å². The molecule has 0 heterocycles. The highest BCUT2D eigenvalue weighted by molar-refractivity contribution is 5.87. The first-order valence-corrected chi connectivity index (χ1v) is 13.2. The Labute approximate surface area is 210 Å². The van der Waals surface area contributed by atoms with Gasteiger partial charge in [0.1, 0.15) is 0 Å². The molecule has 0 saturated heterocycles. The average molecular weight is 468 g/mol. The summed E-state index contributed by atoms with van der Waals surface area (Å²) in [5.74, 6) is 7.25. The highest BCUT2D eigenvalue weighted by atomic mass is 16.5. The van der Waals surface area contributed by atoms with E-state index in [2.05, 4.69) is 49.8 Å². The fraction of sp³-hybridized carbons (Fsp3) is 0.469. The normalized spacial score (nSPS) is 20.9. The molecule has 2 saturated carbocycles. The van der Waals surface area contributed by atoms with Crippen molar-refractivity contribution in [2.24, 2.45) is 0 Å². The highest BCUT2D eigenvalue weighted by Gasteiger charge is 2.42. The molecule has 182 valence electrons. The molecule has 1 atom stereocenters. The second-order valence-corrected chi connectivity index (χ2v) is 11.1. The Hall–Kier alpha value is -2.83. The lowest BCUT2D eigenvalue weighted by Gasteiger charge is -2.42. The van der Waals surface area contributed by atoms with Gasteiger partial charge < -0.3 is 4.74 Å². The maximum Gasteiger partial charge on any atom is 0.330 e. The molecule has 3 aliphatic rings. The van der Waals surface area contributed by atoms with E-state index in [1.165, 1.54) is 50.2 Å². The molecule has 2 aromatic rings. The zero-order valence-corrected chi connectivity index (χ0v) is 21.6. The first kappa shape index (κ1) is 23.9. The van der Waals surface area contributed by atoms with Crippen LogP contribution in [0.25, 0.3) is 6.08 Å². The topological polar surface area (TPSA) is 29.5 Å². The minimum atomic E-state index is -0.316. The Bertz CT molecular complexity index is 1190. The van der Waals surface area contributed by atoms with Crippen LogP contribution in [0.1, 0.15) is 105 Å². The summed E-state index contributed by atoms with van der Waals surface area (Å²) in [7, 11) is 2.35. The van der Waals surface area contributed by atoms with Gasteiger partial charge in [0.2, 0.25) is 0 Å². The number of hydrogen-bond donors (Lipinski definition) is 0. The first-order chi connectivity index (χ1) is 16.9. The van der Waals surface area contributed by atoms with Crippen LogP contribution in [0.3, 0.4) is 0 Å². The summed E-state index contributed by atoms with van der Waals surface area (Å²) in [5.41, 5.74) is 7.98. The van der Waals surface area contributed by atoms with Crippen molar-refractivity contribution in [1.82, 2.24) is 4.90 Å². The van der Waals surface area contributed by atoms with Crippen LogP contribution in [0.4, 0.5) is 0 Å². The van der Waals surface area contributed by atoms with Gasteiger partial charge in [-0.25, -0.2) is 4.79 Å². The van der Waals surface area contributed by atoms with Gasteiger partial charge in [-0.15, -0.1) is 0 Å². The summed E-state index contributed by atoms with van der Waals surface area (Å²) < 4.78 is 4.94. The van der Waals surface area contributed by atoms with Gasteiger partial charge in [-0.2, -0.15) is 0 Å². The Kier molecular flexibility index (Phi) is 6.60. The van der Waals surface area contributed by atoms with Crippen LogP contribution in [-0.2, 0) is 14.9 Å². The van der Waals surface area contributed by atoms with Gasteiger partial charge >= 0.3 is 5.97 Å².